The monoisotopic (exact) mass is 242 g/mol. The van der Waals surface area contributed by atoms with Gasteiger partial charge in [0.2, 0.25) is 0 Å². The first kappa shape index (κ1) is 11.6. The van der Waals surface area contributed by atoms with Gasteiger partial charge < -0.3 is 4.74 Å². The van der Waals surface area contributed by atoms with E-state index < -0.39 is 0 Å². The standard InChI is InChI=1S/C12H18OS2/c1-9(2)7-8-13-12-14-10-5-3-4-6-11(10)15-12/h3-6,9-12H,7-8H2,1-2H3. The smallest absolute Gasteiger partial charge is 0.150 e. The molecule has 1 aliphatic carbocycles. The molecule has 0 saturated carbocycles. The first-order valence-electron chi connectivity index (χ1n) is 5.53. The molecule has 0 amide bonds. The van der Waals surface area contributed by atoms with Gasteiger partial charge in [-0.25, -0.2) is 0 Å². The zero-order chi connectivity index (χ0) is 10.7. The maximum Gasteiger partial charge on any atom is 0.150 e. The average Bonchev–Trinajstić information content (AvgIpc) is 2.59. The first-order chi connectivity index (χ1) is 7.25. The zero-order valence-corrected chi connectivity index (χ0v) is 10.9. The molecule has 2 rings (SSSR count). The Morgan fingerprint density at radius 3 is 2.27 bits per heavy atom. The lowest BCUT2D eigenvalue weighted by Gasteiger charge is -2.11. The van der Waals surface area contributed by atoms with Crippen LogP contribution in [-0.2, 0) is 4.74 Å². The van der Waals surface area contributed by atoms with Gasteiger partial charge in [-0.3, -0.25) is 0 Å². The van der Waals surface area contributed by atoms with Crippen molar-refractivity contribution in [1.29, 1.82) is 0 Å². The van der Waals surface area contributed by atoms with Crippen molar-refractivity contribution in [1.82, 2.24) is 0 Å². The summed E-state index contributed by atoms with van der Waals surface area (Å²) in [7, 11) is 0. The highest BCUT2D eigenvalue weighted by Gasteiger charge is 2.33. The second kappa shape index (κ2) is 5.46. The molecule has 0 radical (unpaired) electrons. The fourth-order valence-electron chi connectivity index (χ4n) is 1.58. The number of thioether (sulfide) groups is 2. The molecule has 0 aromatic carbocycles. The number of fused-ring (bicyclic) bond motifs is 1. The molecule has 2 aliphatic rings. The molecule has 1 fully saturated rings. The Morgan fingerprint density at radius 2 is 1.73 bits per heavy atom. The second-order valence-electron chi connectivity index (χ2n) is 4.31. The van der Waals surface area contributed by atoms with Crippen LogP contribution in [0.3, 0.4) is 0 Å². The van der Waals surface area contributed by atoms with Gasteiger partial charge in [-0.1, -0.05) is 38.2 Å². The van der Waals surface area contributed by atoms with E-state index >= 15 is 0 Å². The predicted octanol–water partition coefficient (Wildman–Crippen LogP) is 3.68. The van der Waals surface area contributed by atoms with Crippen LogP contribution in [0.25, 0.3) is 0 Å². The van der Waals surface area contributed by atoms with E-state index in [0.29, 0.717) is 15.3 Å². The molecule has 3 heteroatoms. The van der Waals surface area contributed by atoms with Crippen molar-refractivity contribution in [2.24, 2.45) is 5.92 Å². The summed E-state index contributed by atoms with van der Waals surface area (Å²) in [5.41, 5.74) is 0. The van der Waals surface area contributed by atoms with Crippen LogP contribution in [0.5, 0.6) is 0 Å². The number of hydrogen-bond acceptors (Lipinski definition) is 3. The molecular weight excluding hydrogens is 224 g/mol. The maximum absolute atomic E-state index is 5.86. The zero-order valence-electron chi connectivity index (χ0n) is 9.26. The number of rotatable bonds is 4. The quantitative estimate of drug-likeness (QED) is 0.744. The van der Waals surface area contributed by atoms with Crippen molar-refractivity contribution in [2.45, 2.75) is 35.5 Å². The van der Waals surface area contributed by atoms with Crippen LogP contribution in [0, 0.1) is 5.92 Å². The van der Waals surface area contributed by atoms with E-state index in [1.807, 2.05) is 23.5 Å². The van der Waals surface area contributed by atoms with Gasteiger partial charge in [-0.15, -0.1) is 23.5 Å². The Kier molecular flexibility index (Phi) is 4.23. The topological polar surface area (TPSA) is 9.23 Å². The summed E-state index contributed by atoms with van der Waals surface area (Å²) < 4.78 is 6.20. The molecule has 2 atom stereocenters. The Morgan fingerprint density at radius 1 is 1.13 bits per heavy atom. The van der Waals surface area contributed by atoms with Crippen molar-refractivity contribution < 1.29 is 4.74 Å². The Labute approximate surface area is 101 Å². The minimum Gasteiger partial charge on any atom is -0.358 e. The lowest BCUT2D eigenvalue weighted by Crippen LogP contribution is -2.10. The summed E-state index contributed by atoms with van der Waals surface area (Å²) in [6.45, 7) is 5.38. The van der Waals surface area contributed by atoms with E-state index in [0.717, 1.165) is 12.5 Å². The van der Waals surface area contributed by atoms with E-state index in [9.17, 15) is 0 Å². The highest BCUT2D eigenvalue weighted by atomic mass is 32.2. The highest BCUT2D eigenvalue weighted by Crippen LogP contribution is 2.46. The van der Waals surface area contributed by atoms with Gasteiger partial charge in [0.05, 0.1) is 0 Å². The van der Waals surface area contributed by atoms with Crippen molar-refractivity contribution in [3.63, 3.8) is 0 Å². The molecule has 84 valence electrons. The molecule has 0 aromatic rings. The highest BCUT2D eigenvalue weighted by molar-refractivity contribution is 8.20. The summed E-state index contributed by atoms with van der Waals surface area (Å²) in [6.07, 6.45) is 10.0. The van der Waals surface area contributed by atoms with Gasteiger partial charge in [0.1, 0.15) is 0 Å². The number of allylic oxidation sites excluding steroid dienone is 2. The van der Waals surface area contributed by atoms with Crippen LogP contribution in [0.15, 0.2) is 24.3 Å². The van der Waals surface area contributed by atoms with Crippen LogP contribution in [0.1, 0.15) is 20.3 Å². The Balaban J connectivity index is 1.73. The minimum atomic E-state index is 0.339. The molecule has 15 heavy (non-hydrogen) atoms. The summed E-state index contributed by atoms with van der Waals surface area (Å²) in [4.78, 5) is 0. The van der Waals surface area contributed by atoms with Gasteiger partial charge in [-0.05, 0) is 12.3 Å². The third-order valence-corrected chi connectivity index (χ3v) is 5.61. The van der Waals surface area contributed by atoms with Gasteiger partial charge in [-0.2, -0.15) is 0 Å². The largest absolute Gasteiger partial charge is 0.358 e. The van der Waals surface area contributed by atoms with Gasteiger partial charge in [0, 0.05) is 17.1 Å². The summed E-state index contributed by atoms with van der Waals surface area (Å²) in [6, 6.07) is 0. The molecule has 0 bridgehead atoms. The van der Waals surface area contributed by atoms with Gasteiger partial charge in [0.25, 0.3) is 0 Å². The van der Waals surface area contributed by atoms with Crippen LogP contribution in [-0.4, -0.2) is 21.9 Å². The van der Waals surface area contributed by atoms with E-state index in [2.05, 4.69) is 38.2 Å². The molecule has 2 unspecified atom stereocenters. The average molecular weight is 242 g/mol. The van der Waals surface area contributed by atoms with Gasteiger partial charge >= 0.3 is 0 Å². The van der Waals surface area contributed by atoms with Crippen LogP contribution >= 0.6 is 23.5 Å². The number of hydrogen-bond donors (Lipinski definition) is 0. The lowest BCUT2D eigenvalue weighted by atomic mass is 10.1. The molecule has 0 N–H and O–H groups in total. The van der Waals surface area contributed by atoms with E-state index in [4.69, 9.17) is 4.74 Å². The van der Waals surface area contributed by atoms with Crippen molar-refractivity contribution >= 4 is 23.5 Å². The van der Waals surface area contributed by atoms with Crippen LogP contribution < -0.4 is 0 Å². The Bertz CT molecular complexity index is 240. The third-order valence-electron chi connectivity index (χ3n) is 2.52. The molecular formula is C12H18OS2. The second-order valence-corrected chi connectivity index (χ2v) is 7.10. The lowest BCUT2D eigenvalue weighted by molar-refractivity contribution is 0.151. The Hall–Kier alpha value is 0.140. The normalized spacial score (nSPS) is 33.7. The summed E-state index contributed by atoms with van der Waals surface area (Å²) in [5, 5.41) is 1.26. The predicted molar refractivity (Wildman–Crippen MR) is 70.2 cm³/mol. The number of ether oxygens (including phenoxy) is 1. The molecule has 1 heterocycles. The fourth-order valence-corrected chi connectivity index (χ4v) is 4.71. The molecule has 0 spiro atoms. The van der Waals surface area contributed by atoms with Crippen molar-refractivity contribution in [3.05, 3.63) is 24.3 Å². The first-order valence-corrected chi connectivity index (χ1v) is 7.42. The molecule has 1 nitrogen and oxygen atoms in total. The van der Waals surface area contributed by atoms with Crippen LogP contribution in [0.4, 0.5) is 0 Å². The molecule has 0 aromatic heterocycles. The SMILES string of the molecule is CC(C)CCOC1SC2C=CC=CC2S1. The minimum absolute atomic E-state index is 0.339. The molecule has 1 aliphatic heterocycles. The summed E-state index contributed by atoms with van der Waals surface area (Å²) in [5.74, 6) is 0.739. The fraction of sp³-hybridized carbons (Fsp3) is 0.667. The van der Waals surface area contributed by atoms with Crippen LogP contribution in [0.2, 0.25) is 0 Å². The van der Waals surface area contributed by atoms with E-state index in [1.54, 1.807) is 0 Å². The van der Waals surface area contributed by atoms with E-state index in [-0.39, 0.29) is 0 Å². The van der Waals surface area contributed by atoms with Crippen molar-refractivity contribution in [3.8, 4) is 0 Å². The summed E-state index contributed by atoms with van der Waals surface area (Å²) >= 11 is 3.90. The van der Waals surface area contributed by atoms with Gasteiger partial charge in [0.15, 0.2) is 4.77 Å². The van der Waals surface area contributed by atoms with E-state index in [1.165, 1.54) is 6.42 Å². The maximum atomic E-state index is 5.86. The van der Waals surface area contributed by atoms with Crippen molar-refractivity contribution in [2.75, 3.05) is 6.61 Å². The third kappa shape index (κ3) is 3.30. The molecule has 1 saturated heterocycles.